The molecular formula is C19H21N5O2. The van der Waals surface area contributed by atoms with Crippen LogP contribution in [0.2, 0.25) is 0 Å². The molecule has 7 nitrogen and oxygen atoms in total. The Bertz CT molecular complexity index is 835. The van der Waals surface area contributed by atoms with Gasteiger partial charge in [0.15, 0.2) is 5.82 Å². The Morgan fingerprint density at radius 3 is 2.58 bits per heavy atom. The first-order chi connectivity index (χ1) is 12.8. The summed E-state index contributed by atoms with van der Waals surface area (Å²) < 4.78 is 7.67. The van der Waals surface area contributed by atoms with Gasteiger partial charge in [-0.1, -0.05) is 0 Å². The number of aromatic amines is 1. The first-order valence-corrected chi connectivity index (χ1v) is 8.72. The van der Waals surface area contributed by atoms with Gasteiger partial charge >= 0.3 is 0 Å². The Hall–Kier alpha value is -2.93. The molecule has 1 fully saturated rings. The molecule has 26 heavy (non-hydrogen) atoms. The molecule has 2 N–H and O–H groups in total. The number of anilines is 1. The molecule has 3 heterocycles. The van der Waals surface area contributed by atoms with Crippen molar-refractivity contribution in [2.75, 3.05) is 18.5 Å². The number of carbonyl (C=O) groups is 1. The number of H-pyrrole nitrogens is 1. The van der Waals surface area contributed by atoms with Gasteiger partial charge in [-0.25, -0.2) is 4.98 Å². The van der Waals surface area contributed by atoms with E-state index in [9.17, 15) is 4.79 Å². The van der Waals surface area contributed by atoms with Crippen molar-refractivity contribution in [2.45, 2.75) is 24.8 Å². The molecule has 1 amide bonds. The number of hydrogen-bond acceptors (Lipinski definition) is 4. The van der Waals surface area contributed by atoms with E-state index in [4.69, 9.17) is 4.74 Å². The van der Waals surface area contributed by atoms with Gasteiger partial charge in [0.05, 0.1) is 12.0 Å². The van der Waals surface area contributed by atoms with Crippen LogP contribution in [0.3, 0.4) is 0 Å². The minimum absolute atomic E-state index is 0.00742. The fraction of sp³-hybridized carbons (Fsp3) is 0.316. The van der Waals surface area contributed by atoms with Gasteiger partial charge in [-0.05, 0) is 49.2 Å². The van der Waals surface area contributed by atoms with Crippen molar-refractivity contribution >= 4 is 11.6 Å². The van der Waals surface area contributed by atoms with Gasteiger partial charge in [-0.2, -0.15) is 5.10 Å². The largest absolute Gasteiger partial charge is 0.381 e. The highest BCUT2D eigenvalue weighted by Crippen LogP contribution is 2.33. The number of rotatable bonds is 5. The lowest BCUT2D eigenvalue weighted by molar-refractivity contribution is -0.119. The molecule has 0 bridgehead atoms. The third kappa shape index (κ3) is 3.39. The van der Waals surface area contributed by atoms with Crippen molar-refractivity contribution in [3.05, 3.63) is 55.1 Å². The molecule has 2 aromatic heterocycles. The maximum absolute atomic E-state index is 12.7. The van der Waals surface area contributed by atoms with Gasteiger partial charge in [0.2, 0.25) is 5.91 Å². The van der Waals surface area contributed by atoms with Crippen molar-refractivity contribution < 1.29 is 9.53 Å². The highest BCUT2D eigenvalue weighted by molar-refractivity contribution is 5.91. The van der Waals surface area contributed by atoms with E-state index >= 15 is 0 Å². The summed E-state index contributed by atoms with van der Waals surface area (Å²) in [5.74, 6) is 0.713. The van der Waals surface area contributed by atoms with Crippen LogP contribution < -0.4 is 5.32 Å². The van der Waals surface area contributed by atoms with E-state index in [0.717, 1.165) is 24.1 Å². The van der Waals surface area contributed by atoms with Crippen molar-refractivity contribution in [3.8, 4) is 11.4 Å². The summed E-state index contributed by atoms with van der Waals surface area (Å²) in [7, 11) is 0. The van der Waals surface area contributed by atoms with Crippen LogP contribution >= 0.6 is 0 Å². The maximum Gasteiger partial charge on any atom is 0.226 e. The molecule has 0 radical (unpaired) electrons. The second-order valence-electron chi connectivity index (χ2n) is 6.56. The van der Waals surface area contributed by atoms with Crippen LogP contribution in [0.1, 0.15) is 19.3 Å². The number of hydrogen-bond donors (Lipinski definition) is 2. The number of nitrogens with zero attached hydrogens (tertiary/aromatic N) is 3. The standard InChI is InChI=1S/C19H21N5O2/c25-17(13-19(7-11-26-12-8-19)24-9-1-2-10-24)22-16-5-3-15(4-6-16)18-20-14-21-23-18/h1-6,9-10,14H,7-8,11-13H2,(H,22,25)(H,20,21,23). The van der Waals surface area contributed by atoms with Crippen LogP contribution in [-0.2, 0) is 15.1 Å². The summed E-state index contributed by atoms with van der Waals surface area (Å²) in [6.45, 7) is 1.36. The number of benzene rings is 1. The van der Waals surface area contributed by atoms with E-state index in [1.807, 2.05) is 48.8 Å². The van der Waals surface area contributed by atoms with Crippen molar-refractivity contribution in [3.63, 3.8) is 0 Å². The quantitative estimate of drug-likeness (QED) is 0.740. The molecule has 7 heteroatoms. The zero-order valence-corrected chi connectivity index (χ0v) is 14.4. The molecule has 0 aliphatic carbocycles. The van der Waals surface area contributed by atoms with Gasteiger partial charge in [0.25, 0.3) is 0 Å². The van der Waals surface area contributed by atoms with Gasteiger partial charge < -0.3 is 14.6 Å². The normalized spacial score (nSPS) is 16.3. The fourth-order valence-corrected chi connectivity index (χ4v) is 3.49. The maximum atomic E-state index is 12.7. The van der Waals surface area contributed by atoms with Crippen LogP contribution in [0.25, 0.3) is 11.4 Å². The molecule has 3 aromatic rings. The second kappa shape index (κ2) is 7.13. The lowest BCUT2D eigenvalue weighted by Gasteiger charge is -2.38. The molecule has 4 rings (SSSR count). The molecule has 1 aliphatic heterocycles. The molecule has 0 atom stereocenters. The summed E-state index contributed by atoms with van der Waals surface area (Å²) >= 11 is 0. The molecule has 1 aliphatic rings. The Balaban J connectivity index is 1.45. The molecular weight excluding hydrogens is 330 g/mol. The Morgan fingerprint density at radius 1 is 1.19 bits per heavy atom. The van der Waals surface area contributed by atoms with Crippen molar-refractivity contribution in [1.82, 2.24) is 19.7 Å². The van der Waals surface area contributed by atoms with Crippen LogP contribution in [-0.4, -0.2) is 38.9 Å². The fourth-order valence-electron chi connectivity index (χ4n) is 3.49. The molecule has 134 valence electrons. The van der Waals surface area contributed by atoms with Crippen molar-refractivity contribution in [1.29, 1.82) is 0 Å². The first-order valence-electron chi connectivity index (χ1n) is 8.72. The summed E-state index contributed by atoms with van der Waals surface area (Å²) in [6, 6.07) is 11.6. The van der Waals surface area contributed by atoms with Gasteiger partial charge in [0.1, 0.15) is 6.33 Å². The first kappa shape index (κ1) is 16.5. The van der Waals surface area contributed by atoms with Crippen LogP contribution in [0, 0.1) is 0 Å². The highest BCUT2D eigenvalue weighted by atomic mass is 16.5. The van der Waals surface area contributed by atoms with Crippen molar-refractivity contribution in [2.24, 2.45) is 0 Å². The third-order valence-corrected chi connectivity index (χ3v) is 4.92. The lowest BCUT2D eigenvalue weighted by Crippen LogP contribution is -2.42. The summed E-state index contributed by atoms with van der Waals surface area (Å²) in [5.41, 5.74) is 1.48. The second-order valence-corrected chi connectivity index (χ2v) is 6.56. The molecule has 1 aromatic carbocycles. The van der Waals surface area contributed by atoms with E-state index < -0.39 is 0 Å². The van der Waals surface area contributed by atoms with Crippen LogP contribution in [0.5, 0.6) is 0 Å². The van der Waals surface area contributed by atoms with E-state index in [-0.39, 0.29) is 11.4 Å². The minimum Gasteiger partial charge on any atom is -0.381 e. The highest BCUT2D eigenvalue weighted by Gasteiger charge is 2.36. The summed E-state index contributed by atoms with van der Waals surface area (Å²) in [5, 5.41) is 9.68. The smallest absolute Gasteiger partial charge is 0.226 e. The molecule has 0 spiro atoms. The van der Waals surface area contributed by atoms with E-state index in [1.165, 1.54) is 6.33 Å². The Labute approximate surface area is 151 Å². The number of ether oxygens (including phenoxy) is 1. The molecule has 1 saturated heterocycles. The van der Waals surface area contributed by atoms with Gasteiger partial charge in [0, 0.05) is 36.9 Å². The van der Waals surface area contributed by atoms with Gasteiger partial charge in [-0.3, -0.25) is 9.89 Å². The van der Waals surface area contributed by atoms with Gasteiger partial charge in [-0.15, -0.1) is 0 Å². The van der Waals surface area contributed by atoms with E-state index in [0.29, 0.717) is 25.5 Å². The minimum atomic E-state index is -0.217. The predicted octanol–water partition coefficient (Wildman–Crippen LogP) is 2.81. The van der Waals surface area contributed by atoms with Crippen LogP contribution in [0.4, 0.5) is 5.69 Å². The average molecular weight is 351 g/mol. The number of amides is 1. The Kier molecular flexibility index (Phi) is 4.53. The van der Waals surface area contributed by atoms with E-state index in [2.05, 4.69) is 25.1 Å². The number of aromatic nitrogens is 4. The average Bonchev–Trinajstić information content (AvgIpc) is 3.37. The third-order valence-electron chi connectivity index (χ3n) is 4.92. The molecule has 0 unspecified atom stereocenters. The summed E-state index contributed by atoms with van der Waals surface area (Å²) in [6.07, 6.45) is 7.63. The predicted molar refractivity (Wildman–Crippen MR) is 97.5 cm³/mol. The van der Waals surface area contributed by atoms with Crippen LogP contribution in [0.15, 0.2) is 55.1 Å². The topological polar surface area (TPSA) is 84.8 Å². The SMILES string of the molecule is O=C(CC1(n2cccc2)CCOCC1)Nc1ccc(-c2ncn[nH]2)cc1. The zero-order chi connectivity index (χ0) is 17.8. The Morgan fingerprint density at radius 2 is 1.92 bits per heavy atom. The lowest BCUT2D eigenvalue weighted by atomic mass is 9.86. The molecule has 0 saturated carbocycles. The van der Waals surface area contributed by atoms with E-state index in [1.54, 1.807) is 0 Å². The number of carbonyl (C=O) groups excluding carboxylic acids is 1. The monoisotopic (exact) mass is 351 g/mol. The number of nitrogens with one attached hydrogen (secondary N) is 2. The zero-order valence-electron chi connectivity index (χ0n) is 14.4. The summed E-state index contributed by atoms with van der Waals surface area (Å²) in [4.78, 5) is 16.8.